The molecule has 0 amide bonds. The van der Waals surface area contributed by atoms with Crippen molar-refractivity contribution >= 4 is 52.9 Å². The standard InChI is InChI=1S/C6H12N2O2S.Na/c1-7(2)6(11)8(3)4-5(9)10;/h4H2,1-3H3,(H,9,10);. The minimum Gasteiger partial charge on any atom is -0.480 e. The van der Waals surface area contributed by atoms with E-state index in [1.54, 1.807) is 26.0 Å². The first-order chi connectivity index (χ1) is 4.95. The fourth-order valence-corrected chi connectivity index (χ4v) is 0.676. The average Bonchev–Trinajstić information content (AvgIpc) is 1.84. The predicted octanol–water partition coefficient (Wildman–Crippen LogP) is -0.531. The van der Waals surface area contributed by atoms with Crippen LogP contribution < -0.4 is 0 Å². The number of hydrogen-bond donors (Lipinski definition) is 1. The van der Waals surface area contributed by atoms with Crippen LogP contribution in [0.25, 0.3) is 0 Å². The third kappa shape index (κ3) is 5.77. The first-order valence-corrected chi connectivity index (χ1v) is 3.50. The molecule has 0 heterocycles. The number of carboxylic acid groups (broad SMARTS) is 1. The Bertz CT molecular complexity index is 175. The molecule has 0 aromatic carbocycles. The van der Waals surface area contributed by atoms with Crippen molar-refractivity contribution < 1.29 is 9.90 Å². The third-order valence-corrected chi connectivity index (χ3v) is 1.76. The second kappa shape index (κ2) is 6.65. The number of rotatable bonds is 2. The van der Waals surface area contributed by atoms with Gasteiger partial charge in [0.2, 0.25) is 0 Å². The van der Waals surface area contributed by atoms with E-state index >= 15 is 0 Å². The largest absolute Gasteiger partial charge is 0.480 e. The normalized spacial score (nSPS) is 8.25. The van der Waals surface area contributed by atoms with E-state index in [2.05, 4.69) is 0 Å². The number of carboxylic acids is 1. The van der Waals surface area contributed by atoms with Crippen molar-refractivity contribution in [2.24, 2.45) is 0 Å². The number of carbonyl (C=O) groups is 1. The second-order valence-corrected chi connectivity index (χ2v) is 2.79. The zero-order valence-corrected chi connectivity index (χ0v) is 10.7. The van der Waals surface area contributed by atoms with Gasteiger partial charge in [0.25, 0.3) is 0 Å². The molecule has 0 saturated heterocycles. The van der Waals surface area contributed by atoms with E-state index in [0.29, 0.717) is 5.11 Å². The summed E-state index contributed by atoms with van der Waals surface area (Å²) in [5.41, 5.74) is 0. The maximum absolute atomic E-state index is 10.2. The van der Waals surface area contributed by atoms with Gasteiger partial charge < -0.3 is 14.9 Å². The van der Waals surface area contributed by atoms with Crippen molar-refractivity contribution in [1.82, 2.24) is 9.80 Å². The average molecular weight is 199 g/mol. The molecule has 0 aliphatic heterocycles. The van der Waals surface area contributed by atoms with E-state index in [-0.39, 0.29) is 36.1 Å². The second-order valence-electron chi connectivity index (χ2n) is 2.43. The molecule has 0 aliphatic carbocycles. The van der Waals surface area contributed by atoms with Crippen LogP contribution in [0.2, 0.25) is 0 Å². The van der Waals surface area contributed by atoms with Gasteiger partial charge in [-0.25, -0.2) is 0 Å². The molecule has 0 atom stereocenters. The quantitative estimate of drug-likeness (QED) is 0.478. The van der Waals surface area contributed by atoms with Crippen molar-refractivity contribution in [1.29, 1.82) is 0 Å². The van der Waals surface area contributed by atoms with E-state index in [1.165, 1.54) is 4.90 Å². The van der Waals surface area contributed by atoms with Gasteiger partial charge in [-0.1, -0.05) is 0 Å². The molecule has 0 aromatic rings. The Balaban J connectivity index is 0. The topological polar surface area (TPSA) is 43.8 Å². The molecule has 0 unspecified atom stereocenters. The molecule has 0 spiro atoms. The van der Waals surface area contributed by atoms with Crippen molar-refractivity contribution in [2.45, 2.75) is 0 Å². The molecule has 0 rings (SSSR count). The Labute approximate surface area is 99.8 Å². The van der Waals surface area contributed by atoms with E-state index in [4.69, 9.17) is 17.3 Å². The molecule has 1 N–H and O–H groups in total. The van der Waals surface area contributed by atoms with E-state index in [9.17, 15) is 4.79 Å². The molecule has 0 fully saturated rings. The van der Waals surface area contributed by atoms with E-state index in [1.807, 2.05) is 0 Å². The maximum atomic E-state index is 10.2. The number of aliphatic carboxylic acids is 1. The molecular weight excluding hydrogens is 187 g/mol. The van der Waals surface area contributed by atoms with Crippen molar-refractivity contribution in [2.75, 3.05) is 27.7 Å². The van der Waals surface area contributed by atoms with E-state index in [0.717, 1.165) is 0 Å². The summed E-state index contributed by atoms with van der Waals surface area (Å²) in [5, 5.41) is 8.92. The van der Waals surface area contributed by atoms with Crippen LogP contribution in [0, 0.1) is 0 Å². The summed E-state index contributed by atoms with van der Waals surface area (Å²) < 4.78 is 0. The molecule has 0 aliphatic rings. The third-order valence-electron chi connectivity index (χ3n) is 1.08. The van der Waals surface area contributed by atoms with Gasteiger partial charge in [-0.2, -0.15) is 0 Å². The molecule has 4 nitrogen and oxygen atoms in total. The van der Waals surface area contributed by atoms with Crippen molar-refractivity contribution in [3.8, 4) is 0 Å². The zero-order valence-electron chi connectivity index (χ0n) is 7.87. The van der Waals surface area contributed by atoms with Crippen LogP contribution in [0.5, 0.6) is 0 Å². The van der Waals surface area contributed by atoms with Gasteiger partial charge >= 0.3 is 5.97 Å². The molecule has 65 valence electrons. The van der Waals surface area contributed by atoms with Crippen LogP contribution >= 0.6 is 12.2 Å². The van der Waals surface area contributed by atoms with E-state index < -0.39 is 5.97 Å². The minimum atomic E-state index is -0.878. The minimum absolute atomic E-state index is 0. The van der Waals surface area contributed by atoms with Gasteiger partial charge in [-0.3, -0.25) is 4.79 Å². The van der Waals surface area contributed by atoms with Crippen LogP contribution in [0.3, 0.4) is 0 Å². The van der Waals surface area contributed by atoms with Crippen LogP contribution in [-0.4, -0.2) is 83.2 Å². The Morgan fingerprint density at radius 2 is 1.83 bits per heavy atom. The molecule has 1 radical (unpaired) electrons. The summed E-state index contributed by atoms with van der Waals surface area (Å²) >= 11 is 4.91. The van der Waals surface area contributed by atoms with Gasteiger partial charge in [0.1, 0.15) is 6.54 Å². The number of likely N-dealkylation sites (N-methyl/N-ethyl adjacent to an activating group) is 1. The SMILES string of the molecule is CN(C)C(=S)N(C)CC(=O)O.[Na]. The molecular formula is C6H12N2NaO2S. The number of nitrogens with zero attached hydrogens (tertiary/aromatic N) is 2. The number of thiocarbonyl (C=S) groups is 1. The van der Waals surface area contributed by atoms with Gasteiger partial charge in [0.05, 0.1) is 0 Å². The van der Waals surface area contributed by atoms with Crippen molar-refractivity contribution in [3.63, 3.8) is 0 Å². The first kappa shape index (κ1) is 14.7. The molecule has 12 heavy (non-hydrogen) atoms. The smallest absolute Gasteiger partial charge is 0.323 e. The first-order valence-electron chi connectivity index (χ1n) is 3.09. The van der Waals surface area contributed by atoms with Gasteiger partial charge in [-0.15, -0.1) is 0 Å². The van der Waals surface area contributed by atoms with Crippen LogP contribution in [-0.2, 0) is 4.79 Å². The van der Waals surface area contributed by atoms with Gasteiger partial charge in [0.15, 0.2) is 5.11 Å². The summed E-state index contributed by atoms with van der Waals surface area (Å²) in [6.07, 6.45) is 0. The summed E-state index contributed by atoms with van der Waals surface area (Å²) in [6, 6.07) is 0. The molecule has 0 aromatic heterocycles. The van der Waals surface area contributed by atoms with Gasteiger partial charge in [0, 0.05) is 50.7 Å². The zero-order chi connectivity index (χ0) is 9.02. The van der Waals surface area contributed by atoms with Crippen LogP contribution in [0.1, 0.15) is 0 Å². The van der Waals surface area contributed by atoms with Crippen molar-refractivity contribution in [3.05, 3.63) is 0 Å². The fourth-order valence-electron chi connectivity index (χ4n) is 0.612. The number of hydrogen-bond acceptors (Lipinski definition) is 2. The maximum Gasteiger partial charge on any atom is 0.323 e. The molecule has 6 heteroatoms. The summed E-state index contributed by atoms with van der Waals surface area (Å²) in [5.74, 6) is -0.878. The Hall–Kier alpha value is 0.160. The van der Waals surface area contributed by atoms with Crippen LogP contribution in [0.15, 0.2) is 0 Å². The predicted molar refractivity (Wildman–Crippen MR) is 52.3 cm³/mol. The summed E-state index contributed by atoms with van der Waals surface area (Å²) in [4.78, 5) is 13.4. The van der Waals surface area contributed by atoms with Crippen LogP contribution in [0.4, 0.5) is 0 Å². The summed E-state index contributed by atoms with van der Waals surface area (Å²) in [6.45, 7) is -0.0585. The van der Waals surface area contributed by atoms with Gasteiger partial charge in [-0.05, 0) is 12.2 Å². The Morgan fingerprint density at radius 1 is 1.42 bits per heavy atom. The Kier molecular flexibility index (Phi) is 8.13. The summed E-state index contributed by atoms with van der Waals surface area (Å²) in [7, 11) is 5.21. The molecule has 0 saturated carbocycles. The molecule has 0 bridgehead atoms. The fraction of sp³-hybridized carbons (Fsp3) is 0.667. The monoisotopic (exact) mass is 199 g/mol. The Morgan fingerprint density at radius 3 is 2.08 bits per heavy atom.